The Kier molecular flexibility index (Phi) is 4.47. The summed E-state index contributed by atoms with van der Waals surface area (Å²) in [5, 5.41) is 16.2. The van der Waals surface area contributed by atoms with Gasteiger partial charge in [-0.2, -0.15) is 5.10 Å². The van der Waals surface area contributed by atoms with Crippen LogP contribution in [0.25, 0.3) is 0 Å². The highest BCUT2D eigenvalue weighted by molar-refractivity contribution is 6.32. The molecule has 106 valence electrons. The lowest BCUT2D eigenvalue weighted by Gasteiger charge is -2.24. The van der Waals surface area contributed by atoms with Gasteiger partial charge in [0.2, 0.25) is 0 Å². The molecule has 0 atom stereocenters. The molecule has 1 aromatic heterocycles. The number of rotatable bonds is 5. The number of anilines is 1. The number of nitrogens with one attached hydrogen (secondary N) is 1. The highest BCUT2D eigenvalue weighted by Crippen LogP contribution is 2.37. The molecule has 0 aromatic carbocycles. The van der Waals surface area contributed by atoms with Gasteiger partial charge in [-0.3, -0.25) is 4.79 Å². The first-order chi connectivity index (χ1) is 9.06. The molecule has 19 heavy (non-hydrogen) atoms. The molecule has 0 aliphatic heterocycles. The van der Waals surface area contributed by atoms with Gasteiger partial charge in [0, 0.05) is 6.54 Å². The molecule has 0 radical (unpaired) electrons. The van der Waals surface area contributed by atoms with Gasteiger partial charge in [0.15, 0.2) is 0 Å². The van der Waals surface area contributed by atoms with E-state index in [0.29, 0.717) is 5.69 Å². The second-order valence-corrected chi connectivity index (χ2v) is 5.87. The Morgan fingerprint density at radius 2 is 2.21 bits per heavy atom. The topological polar surface area (TPSA) is 67.2 Å². The molecular formula is C13H20ClN3O2. The molecule has 0 bridgehead atoms. The van der Waals surface area contributed by atoms with Gasteiger partial charge in [-0.05, 0) is 18.3 Å². The fourth-order valence-electron chi connectivity index (χ4n) is 2.56. The van der Waals surface area contributed by atoms with Gasteiger partial charge in [-0.25, -0.2) is 4.68 Å². The van der Waals surface area contributed by atoms with E-state index in [2.05, 4.69) is 17.3 Å². The van der Waals surface area contributed by atoms with E-state index in [4.69, 9.17) is 16.7 Å². The highest BCUT2D eigenvalue weighted by atomic mass is 35.5. The van der Waals surface area contributed by atoms with Crippen LogP contribution in [-0.2, 0) is 6.54 Å². The first-order valence-corrected chi connectivity index (χ1v) is 7.04. The molecule has 2 rings (SSSR count). The summed E-state index contributed by atoms with van der Waals surface area (Å²) in [6.07, 6.45) is 6.49. The molecule has 5 nitrogen and oxygen atoms in total. The molecule has 0 saturated heterocycles. The summed E-state index contributed by atoms with van der Waals surface area (Å²) in [6.45, 7) is 3.09. The third-order valence-electron chi connectivity index (χ3n) is 3.81. The maximum absolute atomic E-state index is 11.9. The van der Waals surface area contributed by atoms with E-state index >= 15 is 0 Å². The van der Waals surface area contributed by atoms with Gasteiger partial charge in [-0.15, -0.1) is 0 Å². The maximum atomic E-state index is 11.9. The summed E-state index contributed by atoms with van der Waals surface area (Å²) in [7, 11) is 0. The van der Waals surface area contributed by atoms with Gasteiger partial charge in [0.25, 0.3) is 5.56 Å². The molecule has 1 aliphatic rings. The first kappa shape index (κ1) is 14.3. The van der Waals surface area contributed by atoms with E-state index in [1.54, 1.807) is 6.20 Å². The Morgan fingerprint density at radius 1 is 1.53 bits per heavy atom. The van der Waals surface area contributed by atoms with Crippen molar-refractivity contribution in [2.45, 2.75) is 39.2 Å². The molecular weight excluding hydrogens is 266 g/mol. The van der Waals surface area contributed by atoms with Gasteiger partial charge >= 0.3 is 0 Å². The SMILES string of the molecule is CC1(CNc2cnn(CCO)c(=O)c2Cl)CCCC1. The molecule has 1 aliphatic carbocycles. The standard InChI is InChI=1S/C13H20ClN3O2/c1-13(4-2-3-5-13)9-15-10-8-16-17(6-7-18)12(19)11(10)14/h8,15,18H,2-7,9H2,1H3. The van der Waals surface area contributed by atoms with Gasteiger partial charge in [0.1, 0.15) is 5.02 Å². The Balaban J connectivity index is 2.09. The van der Waals surface area contributed by atoms with Crippen LogP contribution in [0, 0.1) is 5.41 Å². The molecule has 1 aromatic rings. The highest BCUT2D eigenvalue weighted by Gasteiger charge is 2.28. The predicted molar refractivity (Wildman–Crippen MR) is 75.7 cm³/mol. The number of hydrogen-bond acceptors (Lipinski definition) is 4. The van der Waals surface area contributed by atoms with Crippen LogP contribution < -0.4 is 10.9 Å². The van der Waals surface area contributed by atoms with Crippen LogP contribution in [0.3, 0.4) is 0 Å². The van der Waals surface area contributed by atoms with Crippen molar-refractivity contribution in [3.63, 3.8) is 0 Å². The molecule has 6 heteroatoms. The van der Waals surface area contributed by atoms with Crippen molar-refractivity contribution in [1.29, 1.82) is 0 Å². The predicted octanol–water partition coefficient (Wildman–Crippen LogP) is 1.88. The number of hydrogen-bond donors (Lipinski definition) is 2. The van der Waals surface area contributed by atoms with Crippen LogP contribution in [0.2, 0.25) is 5.02 Å². The fraction of sp³-hybridized carbons (Fsp3) is 0.692. The largest absolute Gasteiger partial charge is 0.394 e. The summed E-state index contributed by atoms with van der Waals surface area (Å²) < 4.78 is 1.17. The van der Waals surface area contributed by atoms with Gasteiger partial charge < -0.3 is 10.4 Å². The molecule has 0 spiro atoms. The Morgan fingerprint density at radius 3 is 2.84 bits per heavy atom. The Hall–Kier alpha value is -1.07. The van der Waals surface area contributed by atoms with Crippen LogP contribution >= 0.6 is 11.6 Å². The average molecular weight is 286 g/mol. The lowest BCUT2D eigenvalue weighted by molar-refractivity contribution is 0.266. The normalized spacial score (nSPS) is 17.6. The van der Waals surface area contributed by atoms with E-state index in [1.807, 2.05) is 0 Å². The molecule has 0 unspecified atom stereocenters. The van der Waals surface area contributed by atoms with Crippen LogP contribution in [0.15, 0.2) is 11.0 Å². The molecule has 0 amide bonds. The van der Waals surface area contributed by atoms with E-state index in [9.17, 15) is 4.79 Å². The zero-order valence-electron chi connectivity index (χ0n) is 11.2. The van der Waals surface area contributed by atoms with Crippen LogP contribution in [0.5, 0.6) is 0 Å². The lowest BCUT2D eigenvalue weighted by Crippen LogP contribution is -2.28. The minimum Gasteiger partial charge on any atom is -0.394 e. The van der Waals surface area contributed by atoms with Crippen molar-refractivity contribution in [2.75, 3.05) is 18.5 Å². The van der Waals surface area contributed by atoms with E-state index in [-0.39, 0.29) is 29.1 Å². The summed E-state index contributed by atoms with van der Waals surface area (Å²) in [5.74, 6) is 0. The molecule has 1 saturated carbocycles. The number of aliphatic hydroxyl groups is 1. The van der Waals surface area contributed by atoms with E-state index < -0.39 is 0 Å². The summed E-state index contributed by atoms with van der Waals surface area (Å²) >= 11 is 6.05. The van der Waals surface area contributed by atoms with Crippen molar-refractivity contribution in [3.8, 4) is 0 Å². The third-order valence-corrected chi connectivity index (χ3v) is 4.18. The van der Waals surface area contributed by atoms with Crippen LogP contribution in [-0.4, -0.2) is 28.0 Å². The van der Waals surface area contributed by atoms with Crippen molar-refractivity contribution < 1.29 is 5.11 Å². The van der Waals surface area contributed by atoms with Crippen LogP contribution in [0.4, 0.5) is 5.69 Å². The van der Waals surface area contributed by atoms with Crippen molar-refractivity contribution >= 4 is 17.3 Å². The molecule has 2 N–H and O–H groups in total. The minimum atomic E-state index is -0.364. The number of nitrogens with zero attached hydrogens (tertiary/aromatic N) is 2. The van der Waals surface area contributed by atoms with Crippen LogP contribution in [0.1, 0.15) is 32.6 Å². The second kappa shape index (κ2) is 5.92. The molecule has 1 fully saturated rings. The maximum Gasteiger partial charge on any atom is 0.287 e. The third kappa shape index (κ3) is 3.28. The van der Waals surface area contributed by atoms with Crippen molar-refractivity contribution in [2.24, 2.45) is 5.41 Å². The lowest BCUT2D eigenvalue weighted by atomic mass is 9.89. The van der Waals surface area contributed by atoms with Gasteiger partial charge in [0.05, 0.1) is 25.0 Å². The summed E-state index contributed by atoms with van der Waals surface area (Å²) in [5.41, 5.74) is 0.495. The zero-order chi connectivity index (χ0) is 13.9. The quantitative estimate of drug-likeness (QED) is 0.867. The first-order valence-electron chi connectivity index (χ1n) is 6.66. The summed E-state index contributed by atoms with van der Waals surface area (Å²) in [6, 6.07) is 0. The second-order valence-electron chi connectivity index (χ2n) is 5.50. The zero-order valence-corrected chi connectivity index (χ0v) is 11.9. The smallest absolute Gasteiger partial charge is 0.287 e. The van der Waals surface area contributed by atoms with Gasteiger partial charge in [-0.1, -0.05) is 31.4 Å². The monoisotopic (exact) mass is 285 g/mol. The fourth-order valence-corrected chi connectivity index (χ4v) is 2.77. The van der Waals surface area contributed by atoms with Crippen molar-refractivity contribution in [1.82, 2.24) is 9.78 Å². The van der Waals surface area contributed by atoms with Crippen molar-refractivity contribution in [3.05, 3.63) is 21.6 Å². The Bertz CT molecular complexity index is 495. The number of aromatic nitrogens is 2. The molecule has 1 heterocycles. The summed E-state index contributed by atoms with van der Waals surface area (Å²) in [4.78, 5) is 11.9. The number of aliphatic hydroxyl groups excluding tert-OH is 1. The van der Waals surface area contributed by atoms with E-state index in [0.717, 1.165) is 6.54 Å². The average Bonchev–Trinajstić information content (AvgIpc) is 2.82. The Labute approximate surface area is 117 Å². The van der Waals surface area contributed by atoms with E-state index in [1.165, 1.54) is 30.4 Å². The number of halogens is 1. The minimum absolute atomic E-state index is 0.131.